The molecular weight excluding hydrogens is 312 g/mol. The molecule has 0 aliphatic carbocycles. The van der Waals surface area contributed by atoms with Crippen molar-refractivity contribution in [2.75, 3.05) is 11.9 Å². The normalized spacial score (nSPS) is 11.2. The van der Waals surface area contributed by atoms with Crippen molar-refractivity contribution in [3.8, 4) is 0 Å². The second kappa shape index (κ2) is 8.87. The number of amides is 1. The summed E-state index contributed by atoms with van der Waals surface area (Å²) in [4.78, 5) is 16.4. The van der Waals surface area contributed by atoms with Gasteiger partial charge in [0.1, 0.15) is 0 Å². The third-order valence-corrected chi connectivity index (χ3v) is 3.94. The van der Waals surface area contributed by atoms with Gasteiger partial charge in [-0.15, -0.1) is 0 Å². The summed E-state index contributed by atoms with van der Waals surface area (Å²) < 4.78 is 0. The van der Waals surface area contributed by atoms with Crippen molar-refractivity contribution < 1.29 is 4.79 Å². The topological polar surface area (TPSA) is 79.5 Å². The van der Waals surface area contributed by atoms with E-state index in [0.29, 0.717) is 24.6 Å². The minimum absolute atomic E-state index is 0.0612. The Morgan fingerprint density at radius 1 is 1.12 bits per heavy atom. The average Bonchev–Trinajstić information content (AvgIpc) is 2.61. The summed E-state index contributed by atoms with van der Waals surface area (Å²) in [6.07, 6.45) is 0.913. The summed E-state index contributed by atoms with van der Waals surface area (Å²) in [5, 5.41) is 5.97. The van der Waals surface area contributed by atoms with Gasteiger partial charge in [-0.2, -0.15) is 0 Å². The van der Waals surface area contributed by atoms with Crippen LogP contribution in [0.15, 0.2) is 47.5 Å². The third kappa shape index (κ3) is 5.64. The first-order valence-corrected chi connectivity index (χ1v) is 8.51. The highest BCUT2D eigenvalue weighted by atomic mass is 16.1. The zero-order valence-electron chi connectivity index (χ0n) is 15.1. The first kappa shape index (κ1) is 18.5. The molecule has 2 aromatic carbocycles. The van der Waals surface area contributed by atoms with E-state index in [1.165, 1.54) is 11.1 Å². The number of aliphatic imine (C=N–C) groups is 1. The van der Waals surface area contributed by atoms with Crippen LogP contribution in [0, 0.1) is 13.8 Å². The van der Waals surface area contributed by atoms with Crippen molar-refractivity contribution in [2.45, 2.75) is 33.7 Å². The molecule has 25 heavy (non-hydrogen) atoms. The lowest BCUT2D eigenvalue weighted by Crippen LogP contribution is -2.24. The highest BCUT2D eigenvalue weighted by molar-refractivity contribution is 5.94. The van der Waals surface area contributed by atoms with Gasteiger partial charge < -0.3 is 16.4 Å². The summed E-state index contributed by atoms with van der Waals surface area (Å²) in [6, 6.07) is 13.5. The van der Waals surface area contributed by atoms with E-state index in [-0.39, 0.29) is 5.91 Å². The number of carbonyl (C=O) groups is 1. The van der Waals surface area contributed by atoms with Gasteiger partial charge in [0.05, 0.1) is 6.54 Å². The molecule has 1 amide bonds. The quantitative estimate of drug-likeness (QED) is 0.558. The molecule has 2 aromatic rings. The molecule has 0 atom stereocenters. The van der Waals surface area contributed by atoms with Gasteiger partial charge in [0.2, 0.25) is 0 Å². The fourth-order valence-corrected chi connectivity index (χ4v) is 2.33. The Morgan fingerprint density at radius 3 is 2.64 bits per heavy atom. The number of nitrogens with two attached hydrogens (primary N) is 1. The van der Waals surface area contributed by atoms with E-state index in [9.17, 15) is 4.79 Å². The van der Waals surface area contributed by atoms with Crippen molar-refractivity contribution in [1.82, 2.24) is 5.32 Å². The SMILES string of the molecule is CCCNC(=O)c1cccc(CN=C(N)Nc2ccc(C)c(C)c2)c1. The molecule has 0 aromatic heterocycles. The number of rotatable bonds is 6. The lowest BCUT2D eigenvalue weighted by molar-refractivity contribution is 0.0953. The summed E-state index contributed by atoms with van der Waals surface area (Å²) in [5.41, 5.74) is 10.9. The van der Waals surface area contributed by atoms with E-state index in [1.807, 2.05) is 43.3 Å². The van der Waals surface area contributed by atoms with Crippen molar-refractivity contribution >= 4 is 17.6 Å². The number of carbonyl (C=O) groups excluding carboxylic acids is 1. The summed E-state index contributed by atoms with van der Waals surface area (Å²) in [5.74, 6) is 0.290. The van der Waals surface area contributed by atoms with Crippen molar-refractivity contribution in [2.24, 2.45) is 10.7 Å². The van der Waals surface area contributed by atoms with Crippen LogP contribution in [-0.4, -0.2) is 18.4 Å². The Bertz CT molecular complexity index is 768. The highest BCUT2D eigenvalue weighted by Gasteiger charge is 2.05. The second-order valence-electron chi connectivity index (χ2n) is 6.08. The standard InChI is InChI=1S/C20H26N4O/c1-4-10-22-19(25)17-7-5-6-16(12-17)13-23-20(21)24-18-9-8-14(2)15(3)11-18/h5-9,11-12H,4,10,13H2,1-3H3,(H,22,25)(H3,21,23,24). The van der Waals surface area contributed by atoms with Crippen molar-refractivity contribution in [3.63, 3.8) is 0 Å². The van der Waals surface area contributed by atoms with Crippen LogP contribution in [0.2, 0.25) is 0 Å². The number of anilines is 1. The van der Waals surface area contributed by atoms with Crippen LogP contribution in [0.5, 0.6) is 0 Å². The van der Waals surface area contributed by atoms with Gasteiger partial charge in [-0.3, -0.25) is 4.79 Å². The van der Waals surface area contributed by atoms with Gasteiger partial charge in [0, 0.05) is 17.8 Å². The van der Waals surface area contributed by atoms with Gasteiger partial charge in [0.15, 0.2) is 5.96 Å². The zero-order chi connectivity index (χ0) is 18.2. The predicted octanol–water partition coefficient (Wildman–Crippen LogP) is 3.37. The Labute approximate surface area is 149 Å². The minimum atomic E-state index is -0.0612. The maximum absolute atomic E-state index is 12.0. The van der Waals surface area contributed by atoms with E-state index in [0.717, 1.165) is 17.7 Å². The van der Waals surface area contributed by atoms with Crippen molar-refractivity contribution in [1.29, 1.82) is 0 Å². The molecule has 0 bridgehead atoms. The van der Waals surface area contributed by atoms with Crippen molar-refractivity contribution in [3.05, 3.63) is 64.7 Å². The molecular formula is C20H26N4O. The molecule has 132 valence electrons. The molecule has 0 heterocycles. The number of benzene rings is 2. The van der Waals surface area contributed by atoms with E-state index in [1.54, 1.807) is 6.07 Å². The van der Waals surface area contributed by atoms with Crippen LogP contribution in [0.3, 0.4) is 0 Å². The maximum Gasteiger partial charge on any atom is 0.251 e. The lowest BCUT2D eigenvalue weighted by Gasteiger charge is -2.08. The molecule has 0 fully saturated rings. The van der Waals surface area contributed by atoms with E-state index < -0.39 is 0 Å². The first-order chi connectivity index (χ1) is 12.0. The molecule has 0 unspecified atom stereocenters. The van der Waals surface area contributed by atoms with Gasteiger partial charge in [-0.25, -0.2) is 4.99 Å². The van der Waals surface area contributed by atoms with Crippen LogP contribution < -0.4 is 16.4 Å². The molecule has 0 saturated heterocycles. The van der Waals surface area contributed by atoms with Gasteiger partial charge in [-0.05, 0) is 61.2 Å². The molecule has 5 heteroatoms. The minimum Gasteiger partial charge on any atom is -0.370 e. The summed E-state index contributed by atoms with van der Waals surface area (Å²) >= 11 is 0. The Balaban J connectivity index is 2.00. The molecule has 0 radical (unpaired) electrons. The van der Waals surface area contributed by atoms with E-state index in [2.05, 4.69) is 29.5 Å². The maximum atomic E-state index is 12.0. The zero-order valence-corrected chi connectivity index (χ0v) is 15.1. The Kier molecular flexibility index (Phi) is 6.57. The van der Waals surface area contributed by atoms with Gasteiger partial charge in [0.25, 0.3) is 5.91 Å². The van der Waals surface area contributed by atoms with Crippen LogP contribution in [0.25, 0.3) is 0 Å². The van der Waals surface area contributed by atoms with Crippen LogP contribution in [-0.2, 0) is 6.54 Å². The van der Waals surface area contributed by atoms with Crippen LogP contribution in [0.4, 0.5) is 5.69 Å². The molecule has 0 saturated carbocycles. The number of guanidine groups is 1. The molecule has 0 aliphatic heterocycles. The first-order valence-electron chi connectivity index (χ1n) is 8.51. The number of hydrogen-bond acceptors (Lipinski definition) is 2. The Hall–Kier alpha value is -2.82. The fraction of sp³-hybridized carbons (Fsp3) is 0.300. The largest absolute Gasteiger partial charge is 0.370 e. The second-order valence-corrected chi connectivity index (χ2v) is 6.08. The number of nitrogens with one attached hydrogen (secondary N) is 2. The number of nitrogens with zero attached hydrogens (tertiary/aromatic N) is 1. The highest BCUT2D eigenvalue weighted by Crippen LogP contribution is 2.14. The fourth-order valence-electron chi connectivity index (χ4n) is 2.33. The molecule has 0 spiro atoms. The Morgan fingerprint density at radius 2 is 1.92 bits per heavy atom. The molecule has 2 rings (SSSR count). The smallest absolute Gasteiger partial charge is 0.251 e. The van der Waals surface area contributed by atoms with Gasteiger partial charge >= 0.3 is 0 Å². The molecule has 5 nitrogen and oxygen atoms in total. The monoisotopic (exact) mass is 338 g/mol. The average molecular weight is 338 g/mol. The third-order valence-electron chi connectivity index (χ3n) is 3.94. The van der Waals surface area contributed by atoms with Gasteiger partial charge in [-0.1, -0.05) is 25.1 Å². The number of hydrogen-bond donors (Lipinski definition) is 3. The summed E-state index contributed by atoms with van der Waals surface area (Å²) in [6.45, 7) is 7.24. The molecule has 0 aliphatic rings. The molecule has 4 N–H and O–H groups in total. The summed E-state index contributed by atoms with van der Waals surface area (Å²) in [7, 11) is 0. The predicted molar refractivity (Wildman–Crippen MR) is 104 cm³/mol. The van der Waals surface area contributed by atoms with E-state index in [4.69, 9.17) is 5.73 Å². The lowest BCUT2D eigenvalue weighted by atomic mass is 10.1. The van der Waals surface area contributed by atoms with Crippen LogP contribution >= 0.6 is 0 Å². The van der Waals surface area contributed by atoms with Crippen LogP contribution in [0.1, 0.15) is 40.4 Å². The number of aryl methyl sites for hydroxylation is 2. The van der Waals surface area contributed by atoms with E-state index >= 15 is 0 Å².